The van der Waals surface area contributed by atoms with Crippen LogP contribution in [0.2, 0.25) is 0 Å². The van der Waals surface area contributed by atoms with Gasteiger partial charge in [-0.15, -0.1) is 0 Å². The highest BCUT2D eigenvalue weighted by atomic mass is 16.5. The number of rotatable bonds is 5. The third kappa shape index (κ3) is 5.08. The molecule has 0 fully saturated rings. The summed E-state index contributed by atoms with van der Waals surface area (Å²) in [6.45, 7) is 9.41. The number of nitrogens with one attached hydrogen (secondary N) is 2. The third-order valence-corrected chi connectivity index (χ3v) is 5.06. The molecule has 0 radical (unpaired) electrons. The molecule has 6 nitrogen and oxygen atoms in total. The van der Waals surface area contributed by atoms with E-state index in [0.717, 1.165) is 23.3 Å². The number of benzene rings is 2. The Morgan fingerprint density at radius 3 is 2.62 bits per heavy atom. The first kappa shape index (κ1) is 20.7. The number of hydrogen-bond donors (Lipinski definition) is 2. The summed E-state index contributed by atoms with van der Waals surface area (Å²) in [7, 11) is 0. The van der Waals surface area contributed by atoms with Gasteiger partial charge >= 0.3 is 6.03 Å². The summed E-state index contributed by atoms with van der Waals surface area (Å²) in [5.74, 6) is 0.672. The van der Waals surface area contributed by atoms with Gasteiger partial charge in [-0.3, -0.25) is 4.79 Å². The Bertz CT molecular complexity index is 908. The molecule has 2 aromatic carbocycles. The number of urea groups is 1. The zero-order chi connectivity index (χ0) is 21.0. The number of aryl methyl sites for hydroxylation is 1. The van der Waals surface area contributed by atoms with Crippen LogP contribution in [0.25, 0.3) is 0 Å². The molecule has 0 saturated carbocycles. The molecule has 0 spiro atoms. The lowest BCUT2D eigenvalue weighted by Crippen LogP contribution is -2.39. The summed E-state index contributed by atoms with van der Waals surface area (Å²) >= 11 is 0. The topological polar surface area (TPSA) is 70.7 Å². The van der Waals surface area contributed by atoms with Crippen LogP contribution in [0.5, 0.6) is 5.75 Å². The quantitative estimate of drug-likeness (QED) is 0.779. The number of nitrogens with zero attached hydrogens (tertiary/aromatic N) is 1. The minimum atomic E-state index is -0.145. The van der Waals surface area contributed by atoms with E-state index in [1.807, 2.05) is 52.0 Å². The lowest BCUT2D eigenvalue weighted by atomic mass is 10.00. The van der Waals surface area contributed by atoms with Gasteiger partial charge < -0.3 is 20.3 Å². The van der Waals surface area contributed by atoms with Gasteiger partial charge in [-0.05, 0) is 61.2 Å². The van der Waals surface area contributed by atoms with E-state index >= 15 is 0 Å². The molecule has 3 rings (SSSR count). The monoisotopic (exact) mass is 395 g/mol. The molecule has 2 N–H and O–H groups in total. The van der Waals surface area contributed by atoms with Crippen molar-refractivity contribution in [2.75, 3.05) is 23.8 Å². The Morgan fingerprint density at radius 1 is 1.10 bits per heavy atom. The Labute approximate surface area is 172 Å². The van der Waals surface area contributed by atoms with Gasteiger partial charge in [0.05, 0.1) is 6.61 Å². The summed E-state index contributed by atoms with van der Waals surface area (Å²) in [5.41, 5.74) is 4.69. The van der Waals surface area contributed by atoms with Gasteiger partial charge in [-0.2, -0.15) is 0 Å². The summed E-state index contributed by atoms with van der Waals surface area (Å²) in [6.07, 6.45) is 0.818. The minimum absolute atomic E-state index is 0.0520. The standard InChI is InChI=1S/C23H29N3O3/c1-5-29-20-9-7-17-10-11-26(14-18(17)12-20)23(28)25-21-13-19(8-6-16(21)4)24-22(27)15(2)3/h6-9,12-13,15H,5,10-11,14H2,1-4H3,(H,24,27)(H,25,28). The zero-order valence-electron chi connectivity index (χ0n) is 17.5. The van der Waals surface area contributed by atoms with Crippen molar-refractivity contribution < 1.29 is 14.3 Å². The first-order valence-corrected chi connectivity index (χ1v) is 10.1. The molecule has 0 bridgehead atoms. The molecular weight excluding hydrogens is 366 g/mol. The minimum Gasteiger partial charge on any atom is -0.494 e. The fourth-order valence-corrected chi connectivity index (χ4v) is 3.28. The van der Waals surface area contributed by atoms with Crippen molar-refractivity contribution in [1.82, 2.24) is 4.90 Å². The zero-order valence-corrected chi connectivity index (χ0v) is 17.5. The number of hydrogen-bond acceptors (Lipinski definition) is 3. The molecule has 0 saturated heterocycles. The Balaban J connectivity index is 1.70. The number of fused-ring (bicyclic) bond motifs is 1. The van der Waals surface area contributed by atoms with Crippen molar-refractivity contribution >= 4 is 23.3 Å². The molecule has 1 aliphatic heterocycles. The maximum atomic E-state index is 12.9. The number of ether oxygens (including phenoxy) is 1. The molecular formula is C23H29N3O3. The van der Waals surface area contributed by atoms with Gasteiger partial charge in [-0.25, -0.2) is 4.79 Å². The molecule has 0 unspecified atom stereocenters. The van der Waals surface area contributed by atoms with E-state index in [0.29, 0.717) is 31.1 Å². The van der Waals surface area contributed by atoms with Gasteiger partial charge in [0, 0.05) is 30.4 Å². The Hall–Kier alpha value is -3.02. The lowest BCUT2D eigenvalue weighted by Gasteiger charge is -2.29. The van der Waals surface area contributed by atoms with Crippen LogP contribution in [-0.2, 0) is 17.8 Å². The first-order valence-electron chi connectivity index (χ1n) is 10.1. The molecule has 29 heavy (non-hydrogen) atoms. The van der Waals surface area contributed by atoms with E-state index in [4.69, 9.17) is 4.74 Å². The van der Waals surface area contributed by atoms with Gasteiger partial charge in [0.1, 0.15) is 5.75 Å². The van der Waals surface area contributed by atoms with E-state index < -0.39 is 0 Å². The average molecular weight is 396 g/mol. The predicted molar refractivity (Wildman–Crippen MR) is 115 cm³/mol. The van der Waals surface area contributed by atoms with Crippen LogP contribution in [0.4, 0.5) is 16.2 Å². The highest BCUT2D eigenvalue weighted by Crippen LogP contribution is 2.26. The van der Waals surface area contributed by atoms with Crippen molar-refractivity contribution in [3.63, 3.8) is 0 Å². The largest absolute Gasteiger partial charge is 0.494 e. The molecule has 6 heteroatoms. The SMILES string of the molecule is CCOc1ccc2c(c1)CN(C(=O)Nc1cc(NC(=O)C(C)C)ccc1C)CC2. The van der Waals surface area contributed by atoms with Gasteiger partial charge in [0.15, 0.2) is 0 Å². The second-order valence-corrected chi connectivity index (χ2v) is 7.64. The van der Waals surface area contributed by atoms with Crippen molar-refractivity contribution in [2.24, 2.45) is 5.92 Å². The fraction of sp³-hybridized carbons (Fsp3) is 0.391. The third-order valence-electron chi connectivity index (χ3n) is 5.06. The van der Waals surface area contributed by atoms with E-state index in [2.05, 4.69) is 16.7 Å². The number of amides is 3. The van der Waals surface area contributed by atoms with Crippen LogP contribution in [0, 0.1) is 12.8 Å². The first-order chi connectivity index (χ1) is 13.9. The number of carbonyl (C=O) groups is 2. The molecule has 2 aromatic rings. The highest BCUT2D eigenvalue weighted by Gasteiger charge is 2.22. The second-order valence-electron chi connectivity index (χ2n) is 7.64. The lowest BCUT2D eigenvalue weighted by molar-refractivity contribution is -0.118. The Morgan fingerprint density at radius 2 is 1.90 bits per heavy atom. The average Bonchev–Trinajstić information content (AvgIpc) is 2.70. The number of anilines is 2. The van der Waals surface area contributed by atoms with Crippen molar-refractivity contribution in [2.45, 2.75) is 40.7 Å². The van der Waals surface area contributed by atoms with Crippen LogP contribution >= 0.6 is 0 Å². The summed E-state index contributed by atoms with van der Waals surface area (Å²) in [5, 5.41) is 5.87. The summed E-state index contributed by atoms with van der Waals surface area (Å²) in [6, 6.07) is 11.5. The summed E-state index contributed by atoms with van der Waals surface area (Å²) < 4.78 is 5.59. The van der Waals surface area contributed by atoms with Crippen molar-refractivity contribution in [1.29, 1.82) is 0 Å². The van der Waals surface area contributed by atoms with E-state index in [1.165, 1.54) is 5.56 Å². The molecule has 1 aliphatic rings. The van der Waals surface area contributed by atoms with Crippen LogP contribution in [-0.4, -0.2) is 30.0 Å². The van der Waals surface area contributed by atoms with Crippen molar-refractivity contribution in [3.05, 3.63) is 53.1 Å². The molecule has 0 aliphatic carbocycles. The smallest absolute Gasteiger partial charge is 0.322 e. The van der Waals surface area contributed by atoms with Crippen LogP contribution in [0.3, 0.4) is 0 Å². The van der Waals surface area contributed by atoms with E-state index in [9.17, 15) is 9.59 Å². The molecule has 154 valence electrons. The van der Waals surface area contributed by atoms with Crippen LogP contribution in [0.1, 0.15) is 37.5 Å². The van der Waals surface area contributed by atoms with Gasteiger partial charge in [0.2, 0.25) is 5.91 Å². The molecule has 0 aromatic heterocycles. The Kier molecular flexibility index (Phi) is 6.42. The van der Waals surface area contributed by atoms with Crippen LogP contribution < -0.4 is 15.4 Å². The van der Waals surface area contributed by atoms with Crippen LogP contribution in [0.15, 0.2) is 36.4 Å². The van der Waals surface area contributed by atoms with Gasteiger partial charge in [-0.1, -0.05) is 26.0 Å². The van der Waals surface area contributed by atoms with Gasteiger partial charge in [0.25, 0.3) is 0 Å². The molecule has 1 heterocycles. The maximum Gasteiger partial charge on any atom is 0.322 e. The predicted octanol–water partition coefficient (Wildman–Crippen LogP) is 4.58. The van der Waals surface area contributed by atoms with Crippen molar-refractivity contribution in [3.8, 4) is 5.75 Å². The van der Waals surface area contributed by atoms with E-state index in [1.54, 1.807) is 11.0 Å². The maximum absolute atomic E-state index is 12.9. The van der Waals surface area contributed by atoms with E-state index in [-0.39, 0.29) is 17.9 Å². The second kappa shape index (κ2) is 8.99. The molecule has 0 atom stereocenters. The molecule has 3 amide bonds. The fourth-order valence-electron chi connectivity index (χ4n) is 3.28. The summed E-state index contributed by atoms with van der Waals surface area (Å²) in [4.78, 5) is 26.6. The normalized spacial score (nSPS) is 13.1. The number of carbonyl (C=O) groups excluding carboxylic acids is 2. The highest BCUT2D eigenvalue weighted by molar-refractivity contribution is 5.95.